The molecule has 1 atom stereocenters. The van der Waals surface area contributed by atoms with Crippen LogP contribution in [-0.2, 0) is 0 Å². The summed E-state index contributed by atoms with van der Waals surface area (Å²) in [6, 6.07) is 2.36. The van der Waals surface area contributed by atoms with Crippen molar-refractivity contribution in [1.82, 2.24) is 4.90 Å². The maximum atomic E-state index is 12.9. The fraction of sp³-hybridized carbons (Fsp3) is 0.533. The van der Waals surface area contributed by atoms with Crippen molar-refractivity contribution in [3.63, 3.8) is 0 Å². The van der Waals surface area contributed by atoms with E-state index in [0.717, 1.165) is 12.8 Å². The largest absolute Gasteiger partial charge is 0.504 e. The van der Waals surface area contributed by atoms with Crippen LogP contribution in [0.25, 0.3) is 0 Å². The SMILES string of the molecule is [2H]C1([2H])Nc2cc(O)c(OC)cc2C(=O)N2CC3(CC3)C[C@H]21. The van der Waals surface area contributed by atoms with Crippen molar-refractivity contribution in [2.24, 2.45) is 5.41 Å². The number of carbonyl (C=O) groups excluding carboxylic acids is 1. The maximum absolute atomic E-state index is 12.9. The third kappa shape index (κ3) is 1.58. The first-order valence-electron chi connectivity index (χ1n) is 7.85. The van der Waals surface area contributed by atoms with Gasteiger partial charge in [-0.25, -0.2) is 0 Å². The van der Waals surface area contributed by atoms with Crippen LogP contribution < -0.4 is 10.1 Å². The summed E-state index contributed by atoms with van der Waals surface area (Å²) in [6.07, 6.45) is 2.82. The number of aromatic hydroxyl groups is 1. The van der Waals surface area contributed by atoms with E-state index < -0.39 is 12.5 Å². The van der Waals surface area contributed by atoms with Crippen molar-refractivity contribution >= 4 is 11.6 Å². The molecule has 5 nitrogen and oxygen atoms in total. The lowest BCUT2D eigenvalue weighted by atomic mass is 10.0. The van der Waals surface area contributed by atoms with E-state index in [0.29, 0.717) is 24.2 Å². The second-order valence-electron chi connectivity index (χ2n) is 5.99. The maximum Gasteiger partial charge on any atom is 0.256 e. The van der Waals surface area contributed by atoms with Crippen LogP contribution in [-0.4, -0.2) is 42.1 Å². The standard InChI is InChI=1S/C15H18N2O3/c1-20-13-4-10-11(5-12(13)18)16-7-9-6-15(2-3-15)8-17(9)14(10)19/h4-5,9,16,18H,2-3,6-8H2,1H3/t9-/m0/s1/i7D2. The lowest BCUT2D eigenvalue weighted by Gasteiger charge is -2.21. The molecule has 0 aromatic heterocycles. The van der Waals surface area contributed by atoms with E-state index >= 15 is 0 Å². The first-order valence-corrected chi connectivity index (χ1v) is 6.85. The van der Waals surface area contributed by atoms with E-state index in [1.807, 2.05) is 0 Å². The van der Waals surface area contributed by atoms with Gasteiger partial charge in [0.2, 0.25) is 0 Å². The molecule has 1 amide bonds. The third-order valence-electron chi connectivity index (χ3n) is 4.65. The number of benzene rings is 1. The fourth-order valence-electron chi connectivity index (χ4n) is 3.27. The van der Waals surface area contributed by atoms with Gasteiger partial charge in [-0.1, -0.05) is 0 Å². The van der Waals surface area contributed by atoms with Gasteiger partial charge in [-0.3, -0.25) is 4.79 Å². The molecule has 0 radical (unpaired) electrons. The number of nitrogens with one attached hydrogen (secondary N) is 1. The Hall–Kier alpha value is -1.91. The molecule has 2 N–H and O–H groups in total. The number of hydrogen-bond acceptors (Lipinski definition) is 4. The van der Waals surface area contributed by atoms with Crippen LogP contribution in [0, 0.1) is 5.41 Å². The molecule has 5 heteroatoms. The number of carbonyl (C=O) groups is 1. The molecule has 0 unspecified atom stereocenters. The van der Waals surface area contributed by atoms with E-state index in [-0.39, 0.29) is 22.8 Å². The molecule has 1 aliphatic carbocycles. The third-order valence-corrected chi connectivity index (χ3v) is 4.65. The average molecular weight is 276 g/mol. The highest BCUT2D eigenvalue weighted by Gasteiger charge is 2.53. The molecule has 3 aliphatic rings. The number of phenolic OH excluding ortho intramolecular Hbond substituents is 1. The number of nitrogens with zero attached hydrogens (tertiary/aromatic N) is 1. The van der Waals surface area contributed by atoms with Gasteiger partial charge in [-0.2, -0.15) is 0 Å². The Balaban J connectivity index is 1.83. The minimum absolute atomic E-state index is 0.113. The van der Waals surface area contributed by atoms with Crippen molar-refractivity contribution < 1.29 is 17.4 Å². The van der Waals surface area contributed by atoms with E-state index in [4.69, 9.17) is 7.48 Å². The summed E-state index contributed by atoms with van der Waals surface area (Å²) in [5.41, 5.74) is 0.777. The summed E-state index contributed by atoms with van der Waals surface area (Å²) < 4.78 is 21.7. The second-order valence-corrected chi connectivity index (χ2v) is 5.99. The normalized spacial score (nSPS) is 29.8. The molecule has 1 aromatic carbocycles. The summed E-state index contributed by atoms with van der Waals surface area (Å²) >= 11 is 0. The summed E-state index contributed by atoms with van der Waals surface area (Å²) in [5, 5.41) is 12.7. The fourth-order valence-corrected chi connectivity index (χ4v) is 3.27. The monoisotopic (exact) mass is 276 g/mol. The van der Waals surface area contributed by atoms with Crippen molar-refractivity contribution in [3.8, 4) is 11.5 Å². The molecule has 20 heavy (non-hydrogen) atoms. The minimum atomic E-state index is -1.73. The van der Waals surface area contributed by atoms with Crippen molar-refractivity contribution in [3.05, 3.63) is 17.7 Å². The lowest BCUT2D eigenvalue weighted by molar-refractivity contribution is 0.0744. The number of fused-ring (bicyclic) bond motifs is 2. The van der Waals surface area contributed by atoms with Crippen LogP contribution in [0.4, 0.5) is 5.69 Å². The number of methoxy groups -OCH3 is 1. The molecule has 4 rings (SSSR count). The minimum Gasteiger partial charge on any atom is -0.504 e. The van der Waals surface area contributed by atoms with E-state index in [1.54, 1.807) is 4.90 Å². The Morgan fingerprint density at radius 2 is 2.35 bits per heavy atom. The number of hydrogen-bond donors (Lipinski definition) is 2. The van der Waals surface area contributed by atoms with Gasteiger partial charge in [0.25, 0.3) is 5.91 Å². The van der Waals surface area contributed by atoms with Gasteiger partial charge in [0.15, 0.2) is 11.5 Å². The molecule has 0 bridgehead atoms. The number of anilines is 1. The van der Waals surface area contributed by atoms with Gasteiger partial charge in [0.05, 0.1) is 21.1 Å². The first kappa shape index (κ1) is 9.91. The summed E-state index contributed by atoms with van der Waals surface area (Å²) in [5.74, 6) is -0.0951. The highest BCUT2D eigenvalue weighted by molar-refractivity contribution is 6.01. The van der Waals surface area contributed by atoms with Gasteiger partial charge in [0.1, 0.15) is 0 Å². The topological polar surface area (TPSA) is 61.8 Å². The summed E-state index contributed by atoms with van der Waals surface area (Å²) in [6.45, 7) is -1.12. The molecule has 1 saturated carbocycles. The Morgan fingerprint density at radius 3 is 3.05 bits per heavy atom. The smallest absolute Gasteiger partial charge is 0.256 e. The Bertz CT molecular complexity index is 673. The predicted octanol–water partition coefficient (Wildman–Crippen LogP) is 1.82. The van der Waals surface area contributed by atoms with Gasteiger partial charge < -0.3 is 20.1 Å². The molecular weight excluding hydrogens is 256 g/mol. The Morgan fingerprint density at radius 1 is 1.55 bits per heavy atom. The Kier molecular flexibility index (Phi) is 1.89. The Labute approximate surface area is 120 Å². The van der Waals surface area contributed by atoms with Gasteiger partial charge in [0, 0.05) is 25.1 Å². The zero-order chi connectivity index (χ0) is 15.7. The quantitative estimate of drug-likeness (QED) is 0.821. The molecule has 1 aromatic rings. The first-order chi connectivity index (χ1) is 10.4. The number of amides is 1. The molecule has 2 fully saturated rings. The van der Waals surface area contributed by atoms with Crippen LogP contribution in [0.5, 0.6) is 11.5 Å². The summed E-state index contributed by atoms with van der Waals surface area (Å²) in [4.78, 5) is 14.5. The van der Waals surface area contributed by atoms with Crippen LogP contribution in [0.1, 0.15) is 32.4 Å². The highest BCUT2D eigenvalue weighted by Crippen LogP contribution is 2.55. The number of ether oxygens (including phenoxy) is 1. The lowest BCUT2D eigenvalue weighted by Crippen LogP contribution is -2.37. The highest BCUT2D eigenvalue weighted by atomic mass is 16.5. The van der Waals surface area contributed by atoms with Crippen molar-refractivity contribution in [2.45, 2.75) is 25.3 Å². The zero-order valence-corrected chi connectivity index (χ0v) is 11.3. The van der Waals surface area contributed by atoms with Crippen molar-refractivity contribution in [1.29, 1.82) is 0 Å². The molecule has 1 saturated heterocycles. The predicted molar refractivity (Wildman–Crippen MR) is 74.3 cm³/mol. The molecule has 2 heterocycles. The van der Waals surface area contributed by atoms with Crippen LogP contribution in [0.2, 0.25) is 0 Å². The zero-order valence-electron chi connectivity index (χ0n) is 13.3. The number of phenols is 1. The van der Waals surface area contributed by atoms with E-state index in [9.17, 15) is 9.90 Å². The van der Waals surface area contributed by atoms with Gasteiger partial charge in [-0.05, 0) is 30.7 Å². The van der Waals surface area contributed by atoms with Crippen LogP contribution >= 0.6 is 0 Å². The molecule has 106 valence electrons. The van der Waals surface area contributed by atoms with Gasteiger partial charge in [-0.15, -0.1) is 0 Å². The van der Waals surface area contributed by atoms with Crippen LogP contribution in [0.3, 0.4) is 0 Å². The molecule has 1 spiro atoms. The van der Waals surface area contributed by atoms with Gasteiger partial charge >= 0.3 is 0 Å². The van der Waals surface area contributed by atoms with E-state index in [1.165, 1.54) is 19.2 Å². The van der Waals surface area contributed by atoms with E-state index in [2.05, 4.69) is 5.32 Å². The summed E-state index contributed by atoms with van der Waals surface area (Å²) in [7, 11) is 1.42. The second kappa shape index (κ2) is 3.81. The van der Waals surface area contributed by atoms with Crippen LogP contribution in [0.15, 0.2) is 12.1 Å². The molecule has 2 aliphatic heterocycles. The average Bonchev–Trinajstić information content (AvgIpc) is 3.08. The van der Waals surface area contributed by atoms with Crippen molar-refractivity contribution in [2.75, 3.05) is 25.5 Å². The number of rotatable bonds is 1. The molecular formula is C15H18N2O3.